The Morgan fingerprint density at radius 1 is 1.10 bits per heavy atom. The van der Waals surface area contributed by atoms with Gasteiger partial charge in [-0.05, 0) is 54.4 Å². The predicted molar refractivity (Wildman–Crippen MR) is 116 cm³/mol. The minimum absolute atomic E-state index is 0.0307. The number of benzene rings is 2. The molecule has 0 spiro atoms. The van der Waals surface area contributed by atoms with Gasteiger partial charge >= 0.3 is 0 Å². The van der Waals surface area contributed by atoms with Gasteiger partial charge in [0, 0.05) is 37.3 Å². The third-order valence-electron chi connectivity index (χ3n) is 5.64. The van der Waals surface area contributed by atoms with Gasteiger partial charge in [0.2, 0.25) is 5.91 Å². The van der Waals surface area contributed by atoms with Gasteiger partial charge in [-0.1, -0.05) is 18.2 Å². The fraction of sp³-hybridized carbons (Fsp3) is 0.208. The maximum absolute atomic E-state index is 12.9. The van der Waals surface area contributed by atoms with Crippen LogP contribution in [0.2, 0.25) is 0 Å². The van der Waals surface area contributed by atoms with E-state index in [-0.39, 0.29) is 17.9 Å². The van der Waals surface area contributed by atoms with Crippen LogP contribution in [0.5, 0.6) is 0 Å². The van der Waals surface area contributed by atoms with E-state index in [1.807, 2.05) is 61.6 Å². The summed E-state index contributed by atoms with van der Waals surface area (Å²) in [5, 5.41) is 3.04. The first-order chi connectivity index (χ1) is 14.7. The Morgan fingerprint density at radius 2 is 1.93 bits per heavy atom. The number of fused-ring (bicyclic) bond motifs is 1. The smallest absolute Gasteiger partial charge is 0.230 e. The van der Waals surface area contributed by atoms with E-state index in [9.17, 15) is 4.79 Å². The van der Waals surface area contributed by atoms with Crippen LogP contribution in [0.4, 0.5) is 5.69 Å². The van der Waals surface area contributed by atoms with Crippen LogP contribution in [0.25, 0.3) is 22.4 Å². The van der Waals surface area contributed by atoms with Crippen molar-refractivity contribution in [3.8, 4) is 11.4 Å². The summed E-state index contributed by atoms with van der Waals surface area (Å²) in [5.74, 6) is 0.639. The third kappa shape index (κ3) is 3.35. The van der Waals surface area contributed by atoms with Crippen LogP contribution < -0.4 is 5.32 Å². The summed E-state index contributed by atoms with van der Waals surface area (Å²) in [6.45, 7) is 0.573. The van der Waals surface area contributed by atoms with Crippen molar-refractivity contribution in [2.75, 3.05) is 11.9 Å². The molecule has 1 fully saturated rings. The topological polar surface area (TPSA) is 69.0 Å². The van der Waals surface area contributed by atoms with Crippen molar-refractivity contribution in [1.29, 1.82) is 0 Å². The summed E-state index contributed by atoms with van der Waals surface area (Å²) in [7, 11) is 2.01. The Labute approximate surface area is 174 Å². The van der Waals surface area contributed by atoms with Crippen molar-refractivity contribution < 1.29 is 9.53 Å². The number of aromatic nitrogens is 3. The lowest BCUT2D eigenvalue weighted by molar-refractivity contribution is -0.121. The van der Waals surface area contributed by atoms with Gasteiger partial charge in [0.25, 0.3) is 0 Å². The molecular weight excluding hydrogens is 376 g/mol. The summed E-state index contributed by atoms with van der Waals surface area (Å²) >= 11 is 0. The second-order valence-electron chi connectivity index (χ2n) is 7.52. The van der Waals surface area contributed by atoms with Crippen molar-refractivity contribution in [3.63, 3.8) is 0 Å². The molecule has 0 saturated carbocycles. The number of amides is 1. The average Bonchev–Trinajstić information content (AvgIpc) is 3.41. The molecule has 2 atom stereocenters. The van der Waals surface area contributed by atoms with Gasteiger partial charge in [-0.15, -0.1) is 0 Å². The lowest BCUT2D eigenvalue weighted by Crippen LogP contribution is -2.25. The number of ether oxygens (including phenoxy) is 1. The molecule has 4 aromatic rings. The highest BCUT2D eigenvalue weighted by Gasteiger charge is 2.35. The summed E-state index contributed by atoms with van der Waals surface area (Å²) in [6.07, 6.45) is 3.93. The normalized spacial score (nSPS) is 18.6. The molecule has 0 bridgehead atoms. The second kappa shape index (κ2) is 7.72. The molecule has 6 nitrogen and oxygen atoms in total. The quantitative estimate of drug-likeness (QED) is 0.555. The Balaban J connectivity index is 1.33. The fourth-order valence-corrected chi connectivity index (χ4v) is 4.07. The second-order valence-corrected chi connectivity index (χ2v) is 7.52. The van der Waals surface area contributed by atoms with E-state index in [0.717, 1.165) is 33.7 Å². The van der Waals surface area contributed by atoms with Crippen LogP contribution >= 0.6 is 0 Å². The maximum Gasteiger partial charge on any atom is 0.230 e. The van der Waals surface area contributed by atoms with E-state index in [2.05, 4.69) is 20.9 Å². The van der Waals surface area contributed by atoms with Gasteiger partial charge in [0.05, 0.1) is 23.1 Å². The monoisotopic (exact) mass is 398 g/mol. The third-order valence-corrected chi connectivity index (χ3v) is 5.64. The molecule has 1 aliphatic rings. The molecule has 2 aromatic carbocycles. The van der Waals surface area contributed by atoms with Crippen molar-refractivity contribution in [2.45, 2.75) is 12.5 Å². The molecule has 1 N–H and O–H groups in total. The van der Waals surface area contributed by atoms with Crippen LogP contribution in [0.1, 0.15) is 18.1 Å². The predicted octanol–water partition coefficient (Wildman–Crippen LogP) is 4.35. The van der Waals surface area contributed by atoms with Gasteiger partial charge in [-0.2, -0.15) is 0 Å². The molecule has 30 heavy (non-hydrogen) atoms. The van der Waals surface area contributed by atoms with Crippen molar-refractivity contribution >= 4 is 22.6 Å². The Hall–Kier alpha value is -3.51. The molecule has 150 valence electrons. The highest BCUT2D eigenvalue weighted by Crippen LogP contribution is 2.35. The molecule has 1 amide bonds. The molecule has 0 aliphatic carbocycles. The van der Waals surface area contributed by atoms with Gasteiger partial charge in [-0.25, -0.2) is 4.98 Å². The molecule has 6 heteroatoms. The highest BCUT2D eigenvalue weighted by atomic mass is 16.5. The van der Waals surface area contributed by atoms with Gasteiger partial charge < -0.3 is 14.6 Å². The van der Waals surface area contributed by atoms with Gasteiger partial charge in [-0.3, -0.25) is 9.78 Å². The van der Waals surface area contributed by atoms with Crippen LogP contribution in [-0.4, -0.2) is 27.0 Å². The molecular formula is C24H22N4O2. The first kappa shape index (κ1) is 18.5. The number of pyridine rings is 1. The zero-order valence-corrected chi connectivity index (χ0v) is 16.7. The first-order valence-corrected chi connectivity index (χ1v) is 10.0. The fourth-order valence-electron chi connectivity index (χ4n) is 4.07. The van der Waals surface area contributed by atoms with Gasteiger partial charge in [0.1, 0.15) is 5.82 Å². The van der Waals surface area contributed by atoms with Crippen LogP contribution in [0.3, 0.4) is 0 Å². The average molecular weight is 398 g/mol. The summed E-state index contributed by atoms with van der Waals surface area (Å²) < 4.78 is 7.90. The zero-order chi connectivity index (χ0) is 20.5. The number of imidazole rings is 1. The number of rotatable bonds is 4. The van der Waals surface area contributed by atoms with Gasteiger partial charge in [0.15, 0.2) is 0 Å². The zero-order valence-electron chi connectivity index (χ0n) is 16.7. The van der Waals surface area contributed by atoms with Crippen molar-refractivity contribution in [1.82, 2.24) is 14.5 Å². The maximum atomic E-state index is 12.9. The molecule has 0 radical (unpaired) electrons. The lowest BCUT2D eigenvalue weighted by Gasteiger charge is -2.18. The summed E-state index contributed by atoms with van der Waals surface area (Å²) in [5.41, 5.74) is 4.76. The van der Waals surface area contributed by atoms with E-state index in [1.54, 1.807) is 12.4 Å². The van der Waals surface area contributed by atoms with Crippen molar-refractivity contribution in [3.05, 3.63) is 78.6 Å². The number of nitrogens with zero attached hydrogens (tertiary/aromatic N) is 3. The Morgan fingerprint density at radius 3 is 2.70 bits per heavy atom. The minimum atomic E-state index is -0.252. The SMILES string of the molecule is Cn1c(-c2ccc(NC(=O)[C@H]3CCO[C@@H]3c3cccnc3)cc2)nc2ccccc21. The first-order valence-electron chi connectivity index (χ1n) is 10.0. The van der Waals surface area contributed by atoms with E-state index in [0.29, 0.717) is 13.0 Å². The number of hydrogen-bond acceptors (Lipinski definition) is 4. The van der Waals surface area contributed by atoms with Crippen molar-refractivity contribution in [2.24, 2.45) is 13.0 Å². The molecule has 5 rings (SSSR count). The highest BCUT2D eigenvalue weighted by molar-refractivity contribution is 5.93. The number of aryl methyl sites for hydroxylation is 1. The molecule has 1 aliphatic heterocycles. The number of para-hydroxylation sites is 2. The van der Waals surface area contributed by atoms with E-state index in [4.69, 9.17) is 9.72 Å². The summed E-state index contributed by atoms with van der Waals surface area (Å²) in [6, 6.07) is 19.7. The number of carbonyl (C=O) groups is 1. The lowest BCUT2D eigenvalue weighted by atomic mass is 9.95. The number of hydrogen-bond donors (Lipinski definition) is 1. The van der Waals surface area contributed by atoms with Crippen LogP contribution in [0.15, 0.2) is 73.1 Å². The molecule has 1 saturated heterocycles. The van der Waals surface area contributed by atoms with Crippen LogP contribution in [0, 0.1) is 5.92 Å². The standard InChI is InChI=1S/C24H22N4O2/c1-28-21-7-3-2-6-20(21)27-23(28)16-8-10-18(11-9-16)26-24(29)19-12-14-30-22(19)17-5-4-13-25-15-17/h2-11,13,15,19,22H,12,14H2,1H3,(H,26,29)/t19-,22+/m0/s1. The minimum Gasteiger partial charge on any atom is -0.373 e. The number of anilines is 1. The largest absolute Gasteiger partial charge is 0.373 e. The molecule has 3 heterocycles. The molecule has 2 aromatic heterocycles. The number of carbonyl (C=O) groups excluding carboxylic acids is 1. The van der Waals surface area contributed by atoms with E-state index < -0.39 is 0 Å². The Kier molecular flexibility index (Phi) is 4.77. The molecule has 0 unspecified atom stereocenters. The summed E-state index contributed by atoms with van der Waals surface area (Å²) in [4.78, 5) is 21.8. The Bertz CT molecular complexity index is 1190. The van der Waals surface area contributed by atoms with E-state index in [1.165, 1.54) is 0 Å². The number of nitrogens with one attached hydrogen (secondary N) is 1. The van der Waals surface area contributed by atoms with E-state index >= 15 is 0 Å². The van der Waals surface area contributed by atoms with Crippen LogP contribution in [-0.2, 0) is 16.6 Å².